The molecule has 0 saturated heterocycles. The van der Waals surface area contributed by atoms with Crippen molar-refractivity contribution < 1.29 is 33.3 Å². The lowest BCUT2D eigenvalue weighted by molar-refractivity contribution is -0.149. The molecule has 38 heavy (non-hydrogen) atoms. The van der Waals surface area contributed by atoms with E-state index in [0.29, 0.717) is 54.7 Å². The van der Waals surface area contributed by atoms with Crippen LogP contribution in [0, 0.1) is 19.8 Å². The van der Waals surface area contributed by atoms with E-state index in [4.69, 9.17) is 35.3 Å². The van der Waals surface area contributed by atoms with Crippen LogP contribution in [0.4, 0.5) is 0 Å². The summed E-state index contributed by atoms with van der Waals surface area (Å²) in [6, 6.07) is 9.08. The van der Waals surface area contributed by atoms with E-state index in [9.17, 15) is 9.59 Å². The summed E-state index contributed by atoms with van der Waals surface area (Å²) >= 11 is 6.24. The van der Waals surface area contributed by atoms with E-state index in [1.807, 2.05) is 45.9 Å². The van der Waals surface area contributed by atoms with Gasteiger partial charge in [-0.25, -0.2) is 4.79 Å². The molecule has 0 spiro atoms. The van der Waals surface area contributed by atoms with E-state index < -0.39 is 5.97 Å². The van der Waals surface area contributed by atoms with Crippen LogP contribution in [0.15, 0.2) is 48.4 Å². The predicted molar refractivity (Wildman–Crippen MR) is 145 cm³/mol. The zero-order chi connectivity index (χ0) is 27.2. The molecule has 0 radical (unpaired) electrons. The van der Waals surface area contributed by atoms with E-state index in [0.717, 1.165) is 16.7 Å². The number of ketones is 1. The highest BCUT2D eigenvalue weighted by molar-refractivity contribution is 6.32. The summed E-state index contributed by atoms with van der Waals surface area (Å²) in [6.07, 6.45) is 5.30. The summed E-state index contributed by atoms with van der Waals surface area (Å²) in [5, 5.41) is 0.676. The van der Waals surface area contributed by atoms with Crippen LogP contribution in [0.1, 0.15) is 49.8 Å². The molecule has 1 aliphatic heterocycles. The predicted octanol–water partition coefficient (Wildman–Crippen LogP) is 6.37. The lowest BCUT2D eigenvalue weighted by atomic mass is 9.80. The van der Waals surface area contributed by atoms with Gasteiger partial charge in [-0.3, -0.25) is 4.79 Å². The van der Waals surface area contributed by atoms with E-state index >= 15 is 0 Å². The maximum absolute atomic E-state index is 13.1. The third-order valence-electron chi connectivity index (χ3n) is 6.57. The Morgan fingerprint density at radius 1 is 1.05 bits per heavy atom. The van der Waals surface area contributed by atoms with Crippen LogP contribution in [-0.4, -0.2) is 37.2 Å². The number of ether oxygens (including phenoxy) is 5. The Morgan fingerprint density at radius 3 is 2.47 bits per heavy atom. The second-order valence-electron chi connectivity index (χ2n) is 9.38. The number of rotatable bonds is 9. The van der Waals surface area contributed by atoms with E-state index in [1.165, 1.54) is 12.3 Å². The van der Waals surface area contributed by atoms with Crippen molar-refractivity contribution in [1.29, 1.82) is 0 Å². The monoisotopic (exact) mass is 540 g/mol. The lowest BCUT2D eigenvalue weighted by Gasteiger charge is -2.36. The molecule has 0 amide bonds. The second kappa shape index (κ2) is 12.4. The summed E-state index contributed by atoms with van der Waals surface area (Å²) < 4.78 is 28.6. The van der Waals surface area contributed by atoms with Crippen molar-refractivity contribution in [3.8, 4) is 17.2 Å². The maximum Gasteiger partial charge on any atom is 0.331 e. The lowest BCUT2D eigenvalue weighted by Crippen LogP contribution is -2.42. The minimum Gasteiger partial charge on any atom is -0.493 e. The van der Waals surface area contributed by atoms with Crippen LogP contribution in [0.5, 0.6) is 17.2 Å². The average molecular weight is 541 g/mol. The first kappa shape index (κ1) is 27.6. The fraction of sp³-hybridized carbons (Fsp3) is 0.400. The molecule has 7 nitrogen and oxygen atoms in total. The molecule has 202 valence electrons. The maximum atomic E-state index is 13.1. The summed E-state index contributed by atoms with van der Waals surface area (Å²) in [6.45, 7) is 8.63. The highest BCUT2D eigenvalue weighted by Gasteiger charge is 2.42. The molecule has 3 atom stereocenters. The quantitative estimate of drug-likeness (QED) is 0.270. The molecular weight excluding hydrogens is 508 g/mol. The van der Waals surface area contributed by atoms with Gasteiger partial charge in [0.2, 0.25) is 11.5 Å². The van der Waals surface area contributed by atoms with Crippen molar-refractivity contribution in [2.24, 2.45) is 5.92 Å². The largest absolute Gasteiger partial charge is 0.493 e. The minimum absolute atomic E-state index is 0.100. The van der Waals surface area contributed by atoms with Crippen LogP contribution in [-0.2, 0) is 19.1 Å². The van der Waals surface area contributed by atoms with Crippen molar-refractivity contribution in [1.82, 2.24) is 0 Å². The van der Waals surface area contributed by atoms with Gasteiger partial charge in [0, 0.05) is 17.5 Å². The molecule has 8 heteroatoms. The Balaban J connectivity index is 1.34. The number of Topliss-reactive ketones (excluding diaryl/α,β-unsaturated/α-hetero) is 1. The highest BCUT2D eigenvalue weighted by Crippen LogP contribution is 2.36. The number of esters is 1. The number of aryl methyl sites for hydroxylation is 2. The van der Waals surface area contributed by atoms with Crippen molar-refractivity contribution in [3.05, 3.63) is 70.1 Å². The molecule has 2 aliphatic rings. The number of hydrogen-bond acceptors (Lipinski definition) is 7. The fourth-order valence-electron chi connectivity index (χ4n) is 4.75. The number of carbonyl (C=O) groups excluding carboxylic acids is 2. The van der Waals surface area contributed by atoms with Crippen molar-refractivity contribution >= 4 is 29.4 Å². The molecule has 0 N–H and O–H groups in total. The first-order valence-electron chi connectivity index (χ1n) is 12.9. The molecule has 0 bridgehead atoms. The van der Waals surface area contributed by atoms with Crippen molar-refractivity contribution in [2.45, 2.75) is 59.2 Å². The normalized spacial score (nSPS) is 20.8. The SMILES string of the molecule is CCOc1ccc(/C=C/C(=O)OC2CCC3C(=O)C(Oc4cc(C)c(Cl)c(C)c4)=COC3C2)cc1OCC. The number of halogens is 1. The topological polar surface area (TPSA) is 80.3 Å². The van der Waals surface area contributed by atoms with Gasteiger partial charge in [-0.1, -0.05) is 17.7 Å². The number of fused-ring (bicyclic) bond motifs is 1. The molecule has 1 aliphatic carbocycles. The van der Waals surface area contributed by atoms with Gasteiger partial charge < -0.3 is 23.7 Å². The standard InChI is InChI=1S/C30H33ClO7/c1-5-34-24-11-7-20(15-26(24)35-6-2)8-12-28(32)38-21-9-10-23-25(16-21)36-17-27(30(23)33)37-22-13-18(3)29(31)19(4)14-22/h7-8,11-15,17,21,23,25H,5-6,9-10,16H2,1-4H3/b12-8+. The Labute approximate surface area is 228 Å². The van der Waals surface area contributed by atoms with Gasteiger partial charge in [0.25, 0.3) is 0 Å². The van der Waals surface area contributed by atoms with Crippen molar-refractivity contribution in [2.75, 3.05) is 13.2 Å². The molecule has 0 aromatic heterocycles. The Hall–Kier alpha value is -3.45. The minimum atomic E-state index is -0.449. The van der Waals surface area contributed by atoms with Crippen LogP contribution >= 0.6 is 11.6 Å². The summed E-state index contributed by atoms with van der Waals surface area (Å²) in [4.78, 5) is 25.6. The zero-order valence-corrected chi connectivity index (χ0v) is 22.9. The number of allylic oxidation sites excluding steroid dienone is 1. The number of benzene rings is 2. The molecule has 4 rings (SSSR count). The second-order valence-corrected chi connectivity index (χ2v) is 9.76. The zero-order valence-electron chi connectivity index (χ0n) is 22.1. The molecule has 2 aromatic rings. The smallest absolute Gasteiger partial charge is 0.331 e. The van der Waals surface area contributed by atoms with Crippen LogP contribution in [0.25, 0.3) is 6.08 Å². The first-order chi connectivity index (χ1) is 18.3. The average Bonchev–Trinajstić information content (AvgIpc) is 2.89. The van der Waals surface area contributed by atoms with Crippen molar-refractivity contribution in [3.63, 3.8) is 0 Å². The first-order valence-corrected chi connectivity index (χ1v) is 13.3. The molecule has 3 unspecified atom stereocenters. The summed E-state index contributed by atoms with van der Waals surface area (Å²) in [5.41, 5.74) is 2.54. The van der Waals surface area contributed by atoms with E-state index in [1.54, 1.807) is 18.2 Å². The van der Waals surface area contributed by atoms with Gasteiger partial charge in [0.1, 0.15) is 24.2 Å². The van der Waals surface area contributed by atoms with Gasteiger partial charge >= 0.3 is 5.97 Å². The van der Waals surface area contributed by atoms with Gasteiger partial charge in [-0.05, 0) is 87.6 Å². The van der Waals surface area contributed by atoms with Gasteiger partial charge in [0.05, 0.1) is 19.1 Å². The molecule has 2 aromatic carbocycles. The molecular formula is C30H33ClO7. The highest BCUT2D eigenvalue weighted by atomic mass is 35.5. The van der Waals surface area contributed by atoms with Crippen LogP contribution in [0.2, 0.25) is 5.02 Å². The van der Waals surface area contributed by atoms with Crippen LogP contribution < -0.4 is 14.2 Å². The van der Waals surface area contributed by atoms with Gasteiger partial charge in [0.15, 0.2) is 11.5 Å². The Kier molecular flexibility index (Phi) is 9.00. The number of carbonyl (C=O) groups is 2. The molecule has 1 heterocycles. The Bertz CT molecular complexity index is 1230. The van der Waals surface area contributed by atoms with E-state index in [-0.39, 0.29) is 29.7 Å². The third kappa shape index (κ3) is 6.51. The number of hydrogen-bond donors (Lipinski definition) is 0. The molecule has 1 saturated carbocycles. The Morgan fingerprint density at radius 2 is 1.76 bits per heavy atom. The van der Waals surface area contributed by atoms with Gasteiger partial charge in [-0.15, -0.1) is 0 Å². The summed E-state index contributed by atoms with van der Waals surface area (Å²) in [7, 11) is 0. The summed E-state index contributed by atoms with van der Waals surface area (Å²) in [5.74, 6) is 1.12. The molecule has 1 fully saturated rings. The fourth-order valence-corrected chi connectivity index (χ4v) is 4.85. The van der Waals surface area contributed by atoms with Crippen LogP contribution in [0.3, 0.4) is 0 Å². The van der Waals surface area contributed by atoms with Gasteiger partial charge in [-0.2, -0.15) is 0 Å². The van der Waals surface area contributed by atoms with E-state index in [2.05, 4.69) is 0 Å². The third-order valence-corrected chi connectivity index (χ3v) is 7.17.